The lowest BCUT2D eigenvalue weighted by atomic mass is 9.58. The average molecular weight is 935 g/mol. The van der Waals surface area contributed by atoms with E-state index in [1.165, 1.54) is 0 Å². The Kier molecular flexibility index (Phi) is 11.4. The van der Waals surface area contributed by atoms with E-state index < -0.39 is 77.3 Å². The molecule has 6 bridgehead atoms. The van der Waals surface area contributed by atoms with Crippen LogP contribution in [0.25, 0.3) is 0 Å². The molecule has 0 aromatic carbocycles. The van der Waals surface area contributed by atoms with Crippen LogP contribution in [0.5, 0.6) is 0 Å². The zero-order chi connectivity index (χ0) is 45.8. The van der Waals surface area contributed by atoms with Crippen LogP contribution in [0.2, 0.25) is 0 Å². The van der Waals surface area contributed by atoms with E-state index in [9.17, 15) is 5.11 Å². The molecule has 16 nitrogen and oxygen atoms in total. The van der Waals surface area contributed by atoms with Crippen LogP contribution in [0.3, 0.4) is 0 Å². The molecule has 6 unspecified atom stereocenters. The minimum Gasteiger partial charge on any atom is -0.396 e. The second kappa shape index (κ2) is 16.2. The number of ether oxygens (including phenoxy) is 9. The molecular weight excluding hydrogens is 857 g/mol. The molecule has 3 aliphatic carbocycles. The molecule has 0 aromatic heterocycles. The first kappa shape index (κ1) is 46.4. The van der Waals surface area contributed by atoms with Crippen LogP contribution in [0.15, 0.2) is 0 Å². The summed E-state index contributed by atoms with van der Waals surface area (Å²) in [6.07, 6.45) is 7.05. The van der Waals surface area contributed by atoms with Gasteiger partial charge in [0.05, 0.1) is 31.8 Å². The van der Waals surface area contributed by atoms with E-state index in [1.54, 1.807) is 0 Å². The topological polar surface area (TPSA) is 159 Å². The molecule has 0 aromatic rings. The Balaban J connectivity index is 0.822. The highest BCUT2D eigenvalue weighted by atomic mass is 17.3. The van der Waals surface area contributed by atoms with Gasteiger partial charge in [-0.15, -0.1) is 0 Å². The molecule has 374 valence electrons. The SMILES string of the molecule is C[C@@H]1CC[C@H]2[C@@H](C)C(OCC(CO)(COC3O[C@@H]4OC5(C)CC[C@H]6[C@H](C)CC[C@@H]([C@H]3C)[C@@]46OO5)COC3O[C@@H]4OC5(C)CC[C@H]6[C@H](C)CC[C@@H]([C@H]3C)[C@@]46OO5)O[C@@H]3OC4(C)CC[C@@H]1[C@]32OO4. The highest BCUT2D eigenvalue weighted by Crippen LogP contribution is 2.64. The maximum atomic E-state index is 11.8. The lowest BCUT2D eigenvalue weighted by molar-refractivity contribution is -0.578. The minimum atomic E-state index is -1.08. The molecule has 24 atom stereocenters. The minimum absolute atomic E-state index is 0.0609. The number of aliphatic hydroxyl groups is 1. The molecule has 0 radical (unpaired) electrons. The summed E-state index contributed by atoms with van der Waals surface area (Å²) >= 11 is 0. The predicted octanol–water partition coefficient (Wildman–Crippen LogP) is 7.64. The van der Waals surface area contributed by atoms with E-state index in [1.807, 2.05) is 20.8 Å². The van der Waals surface area contributed by atoms with Crippen LogP contribution in [-0.4, -0.2) is 103 Å². The Bertz CT molecular complexity index is 1630. The summed E-state index contributed by atoms with van der Waals surface area (Å²) in [5, 5.41) is 11.8. The van der Waals surface area contributed by atoms with Crippen LogP contribution in [-0.2, 0) is 72.0 Å². The summed E-state index contributed by atoms with van der Waals surface area (Å²) < 4.78 is 61.7. The lowest BCUT2D eigenvalue weighted by Crippen LogP contribution is -2.71. The first-order chi connectivity index (χ1) is 31.5. The van der Waals surface area contributed by atoms with E-state index in [0.29, 0.717) is 17.8 Å². The number of hydrogen-bond donors (Lipinski definition) is 1. The van der Waals surface area contributed by atoms with Crippen molar-refractivity contribution in [3.63, 3.8) is 0 Å². The lowest BCUT2D eigenvalue weighted by Gasteiger charge is -2.60. The third-order valence-electron chi connectivity index (χ3n) is 20.3. The smallest absolute Gasteiger partial charge is 0.201 e. The normalized spacial score (nSPS) is 58.8. The first-order valence-corrected chi connectivity index (χ1v) is 26.1. The Morgan fingerprint density at radius 3 is 1.02 bits per heavy atom. The fourth-order valence-corrected chi connectivity index (χ4v) is 16.2. The van der Waals surface area contributed by atoms with Gasteiger partial charge < -0.3 is 47.7 Å². The molecule has 15 aliphatic rings. The van der Waals surface area contributed by atoms with E-state index in [2.05, 4.69) is 41.5 Å². The van der Waals surface area contributed by atoms with Crippen LogP contribution < -0.4 is 0 Å². The molecular formula is C50H78O16. The molecule has 12 aliphatic heterocycles. The van der Waals surface area contributed by atoms with Gasteiger partial charge in [-0.1, -0.05) is 41.5 Å². The van der Waals surface area contributed by atoms with E-state index in [-0.39, 0.29) is 79.7 Å². The van der Waals surface area contributed by atoms with Gasteiger partial charge >= 0.3 is 0 Å². The highest BCUT2D eigenvalue weighted by molar-refractivity contribution is 5.12. The highest BCUT2D eigenvalue weighted by Gasteiger charge is 2.73. The van der Waals surface area contributed by atoms with Crippen molar-refractivity contribution in [1.82, 2.24) is 0 Å². The van der Waals surface area contributed by atoms with Crippen LogP contribution in [0.1, 0.15) is 139 Å². The number of aliphatic hydroxyl groups excluding tert-OH is 1. The molecule has 15 fully saturated rings. The van der Waals surface area contributed by atoms with Gasteiger partial charge in [0, 0.05) is 54.8 Å². The van der Waals surface area contributed by atoms with Crippen molar-refractivity contribution >= 4 is 0 Å². The number of fused-ring (bicyclic) bond motifs is 6. The zero-order valence-electron chi connectivity index (χ0n) is 40.8. The van der Waals surface area contributed by atoms with E-state index in [4.69, 9.17) is 72.0 Å². The second-order valence-electron chi connectivity index (χ2n) is 24.4. The van der Waals surface area contributed by atoms with Gasteiger partial charge in [-0.3, -0.25) is 0 Å². The average Bonchev–Trinajstić information content (AvgIpc) is 3.78. The monoisotopic (exact) mass is 935 g/mol. The van der Waals surface area contributed by atoms with Gasteiger partial charge in [-0.25, -0.2) is 29.3 Å². The summed E-state index contributed by atoms with van der Waals surface area (Å²) in [6, 6.07) is 0. The second-order valence-corrected chi connectivity index (χ2v) is 24.4. The summed E-state index contributed by atoms with van der Waals surface area (Å²) in [6.45, 7) is 19.2. The first-order valence-electron chi connectivity index (χ1n) is 26.1. The Hall–Kier alpha value is -0.640. The van der Waals surface area contributed by atoms with Crippen molar-refractivity contribution in [2.45, 2.75) is 211 Å². The van der Waals surface area contributed by atoms with Gasteiger partial charge in [-0.2, -0.15) is 0 Å². The van der Waals surface area contributed by atoms with E-state index >= 15 is 0 Å². The van der Waals surface area contributed by atoms with Crippen LogP contribution in [0, 0.1) is 76.4 Å². The largest absolute Gasteiger partial charge is 0.396 e. The molecule has 1 N–H and O–H groups in total. The molecule has 12 heterocycles. The van der Waals surface area contributed by atoms with Gasteiger partial charge in [0.2, 0.25) is 17.4 Å². The quantitative estimate of drug-likeness (QED) is 0.213. The Labute approximate surface area is 390 Å². The van der Waals surface area contributed by atoms with Crippen molar-refractivity contribution in [2.24, 2.45) is 76.4 Å². The van der Waals surface area contributed by atoms with Crippen LogP contribution >= 0.6 is 0 Å². The molecule has 66 heavy (non-hydrogen) atoms. The predicted molar refractivity (Wildman–Crippen MR) is 228 cm³/mol. The van der Waals surface area contributed by atoms with Crippen molar-refractivity contribution in [1.29, 1.82) is 0 Å². The molecule has 12 saturated heterocycles. The van der Waals surface area contributed by atoms with E-state index in [0.717, 1.165) is 77.0 Å². The van der Waals surface area contributed by atoms with Gasteiger partial charge in [0.25, 0.3) is 0 Å². The molecule has 16 heteroatoms. The Morgan fingerprint density at radius 1 is 0.424 bits per heavy atom. The molecule has 0 amide bonds. The van der Waals surface area contributed by atoms with Gasteiger partial charge in [-0.05, 0) is 114 Å². The number of rotatable bonds is 10. The Morgan fingerprint density at radius 2 is 0.727 bits per heavy atom. The van der Waals surface area contributed by atoms with Crippen molar-refractivity contribution < 1.29 is 77.1 Å². The van der Waals surface area contributed by atoms with Gasteiger partial charge in [0.1, 0.15) is 0 Å². The molecule has 3 spiro atoms. The third kappa shape index (κ3) is 6.73. The third-order valence-corrected chi connectivity index (χ3v) is 20.3. The summed E-state index contributed by atoms with van der Waals surface area (Å²) in [5.74, 6) is -0.744. The molecule has 15 rings (SSSR count). The molecule has 3 saturated carbocycles. The summed E-state index contributed by atoms with van der Waals surface area (Å²) in [5.41, 5.74) is -3.27. The fraction of sp³-hybridized carbons (Fsp3) is 1.00. The maximum Gasteiger partial charge on any atom is 0.201 e. The maximum absolute atomic E-state index is 11.8. The van der Waals surface area contributed by atoms with Crippen molar-refractivity contribution in [3.8, 4) is 0 Å². The van der Waals surface area contributed by atoms with Crippen molar-refractivity contribution in [3.05, 3.63) is 0 Å². The zero-order valence-corrected chi connectivity index (χ0v) is 40.8. The van der Waals surface area contributed by atoms with Gasteiger partial charge in [0.15, 0.2) is 54.5 Å². The summed E-state index contributed by atoms with van der Waals surface area (Å²) in [4.78, 5) is 37.6. The fourth-order valence-electron chi connectivity index (χ4n) is 16.2. The number of hydrogen-bond acceptors (Lipinski definition) is 16. The van der Waals surface area contributed by atoms with Crippen molar-refractivity contribution in [2.75, 3.05) is 26.4 Å². The summed E-state index contributed by atoms with van der Waals surface area (Å²) in [7, 11) is 0. The standard InChI is InChI=1S/C50H78O16/c1-26-10-13-35-29(4)38(55-41-48(35)32(26)16-19-44(7,58-41)61-64-48)52-23-47(22-51,24-53-39-30(5)36-14-11-27(2)33-17-20-45(8)59-42(56-39)49(33,36)65-62-45)25-54-40-31(6)37-15-12-28(3)34-18-21-46(9)60-43(57-40)50(34,37)66-63-46/h26-43,51H,10-25H2,1-9H3/t26-,27-,28-,29-,30-,31-,32+,33+,34+,35+,36+,37+,38?,39?,40?,41-,42-,43-,44?,45?,46?,47?,48-,49-,50-/m1/s1. The van der Waals surface area contributed by atoms with Crippen LogP contribution in [0.4, 0.5) is 0 Å².